The summed E-state index contributed by atoms with van der Waals surface area (Å²) in [6.07, 6.45) is 0. The van der Waals surface area contributed by atoms with E-state index in [4.69, 9.17) is 9.47 Å². The summed E-state index contributed by atoms with van der Waals surface area (Å²) in [5.74, 6) is 0.459. The van der Waals surface area contributed by atoms with E-state index in [1.807, 2.05) is 75.4 Å². The zero-order valence-electron chi connectivity index (χ0n) is 18.1. The van der Waals surface area contributed by atoms with Gasteiger partial charge in [-0.3, -0.25) is 14.5 Å². The van der Waals surface area contributed by atoms with Gasteiger partial charge in [-0.2, -0.15) is 0 Å². The van der Waals surface area contributed by atoms with Crippen molar-refractivity contribution < 1.29 is 19.1 Å². The number of ether oxygens (including phenoxy) is 2. The van der Waals surface area contributed by atoms with E-state index in [1.54, 1.807) is 13.2 Å². The van der Waals surface area contributed by atoms with Crippen molar-refractivity contribution in [1.82, 2.24) is 0 Å². The van der Waals surface area contributed by atoms with Crippen LogP contribution in [0.5, 0.6) is 11.5 Å². The third-order valence-electron chi connectivity index (χ3n) is 5.80. The predicted octanol–water partition coefficient (Wildman–Crippen LogP) is 4.86. The second-order valence-corrected chi connectivity index (χ2v) is 7.83. The SMILES string of the molecule is COc1cc(N2C(=O)C(=O)[C@@H]2c2ccc(C)c(OCc3ccccc3)c2)cc(C)c1C. The van der Waals surface area contributed by atoms with Crippen LogP contribution in [0.1, 0.15) is 33.9 Å². The van der Waals surface area contributed by atoms with Gasteiger partial charge in [0.05, 0.1) is 7.11 Å². The van der Waals surface area contributed by atoms with Crippen LogP contribution in [0.4, 0.5) is 5.69 Å². The highest BCUT2D eigenvalue weighted by atomic mass is 16.5. The predicted molar refractivity (Wildman–Crippen MR) is 120 cm³/mol. The fourth-order valence-electron chi connectivity index (χ4n) is 3.81. The minimum Gasteiger partial charge on any atom is -0.496 e. The zero-order valence-corrected chi connectivity index (χ0v) is 18.1. The van der Waals surface area contributed by atoms with Gasteiger partial charge in [0.15, 0.2) is 0 Å². The number of hydrogen-bond donors (Lipinski definition) is 0. The van der Waals surface area contributed by atoms with Crippen LogP contribution < -0.4 is 14.4 Å². The fourth-order valence-corrected chi connectivity index (χ4v) is 3.81. The molecule has 0 radical (unpaired) electrons. The molecule has 1 atom stereocenters. The minimum absolute atomic E-state index is 0.421. The summed E-state index contributed by atoms with van der Waals surface area (Å²) in [4.78, 5) is 26.6. The Balaban J connectivity index is 1.64. The van der Waals surface area contributed by atoms with Crippen LogP contribution in [-0.2, 0) is 16.2 Å². The van der Waals surface area contributed by atoms with Crippen LogP contribution >= 0.6 is 0 Å². The molecule has 1 heterocycles. The molecular weight excluding hydrogens is 390 g/mol. The van der Waals surface area contributed by atoms with Crippen LogP contribution in [0, 0.1) is 20.8 Å². The molecule has 5 nitrogen and oxygen atoms in total. The number of benzene rings is 3. The molecule has 0 aliphatic carbocycles. The quantitative estimate of drug-likeness (QED) is 0.426. The monoisotopic (exact) mass is 415 g/mol. The van der Waals surface area contributed by atoms with Crippen molar-refractivity contribution in [3.63, 3.8) is 0 Å². The molecule has 0 unspecified atom stereocenters. The number of nitrogens with zero attached hydrogens (tertiary/aromatic N) is 1. The lowest BCUT2D eigenvalue weighted by Gasteiger charge is -2.39. The maximum Gasteiger partial charge on any atom is 0.297 e. The molecule has 1 amide bonds. The van der Waals surface area contributed by atoms with Crippen LogP contribution in [-0.4, -0.2) is 18.8 Å². The highest BCUT2D eigenvalue weighted by Crippen LogP contribution is 2.40. The molecule has 0 bridgehead atoms. The van der Waals surface area contributed by atoms with Crippen LogP contribution in [0.3, 0.4) is 0 Å². The molecule has 5 heteroatoms. The van der Waals surface area contributed by atoms with E-state index in [0.29, 0.717) is 23.8 Å². The molecule has 3 aromatic rings. The van der Waals surface area contributed by atoms with E-state index in [-0.39, 0.29) is 0 Å². The maximum absolute atomic E-state index is 12.6. The van der Waals surface area contributed by atoms with Crippen molar-refractivity contribution in [3.8, 4) is 11.5 Å². The first-order valence-corrected chi connectivity index (χ1v) is 10.2. The van der Waals surface area contributed by atoms with Crippen molar-refractivity contribution in [2.45, 2.75) is 33.4 Å². The molecule has 0 N–H and O–H groups in total. The molecule has 31 heavy (non-hydrogen) atoms. The number of ketones is 1. The van der Waals surface area contributed by atoms with Gasteiger partial charge < -0.3 is 9.47 Å². The summed E-state index contributed by atoms with van der Waals surface area (Å²) in [7, 11) is 1.60. The van der Waals surface area contributed by atoms with Crippen molar-refractivity contribution in [2.75, 3.05) is 12.0 Å². The summed E-state index contributed by atoms with van der Waals surface area (Å²) >= 11 is 0. The fraction of sp³-hybridized carbons (Fsp3) is 0.231. The van der Waals surface area contributed by atoms with Crippen molar-refractivity contribution in [3.05, 3.63) is 88.5 Å². The molecule has 1 aliphatic rings. The van der Waals surface area contributed by atoms with Gasteiger partial charge in [-0.05, 0) is 60.7 Å². The molecule has 0 saturated carbocycles. The first-order valence-electron chi connectivity index (χ1n) is 10.2. The first kappa shape index (κ1) is 20.7. The number of methoxy groups -OCH3 is 1. The van der Waals surface area contributed by atoms with Gasteiger partial charge in [0.25, 0.3) is 5.91 Å². The molecule has 0 aromatic heterocycles. The van der Waals surface area contributed by atoms with Gasteiger partial charge in [-0.1, -0.05) is 42.5 Å². The number of carbonyl (C=O) groups excluding carboxylic acids is 2. The Hall–Kier alpha value is -3.60. The number of Topliss-reactive ketones (excluding diaryl/α,β-unsaturated/α-hetero) is 1. The van der Waals surface area contributed by atoms with E-state index >= 15 is 0 Å². The Bertz CT molecular complexity index is 1150. The van der Waals surface area contributed by atoms with Gasteiger partial charge >= 0.3 is 0 Å². The van der Waals surface area contributed by atoms with Gasteiger partial charge in [0.1, 0.15) is 24.1 Å². The summed E-state index contributed by atoms with van der Waals surface area (Å²) in [5.41, 5.74) is 5.42. The Morgan fingerprint density at radius 1 is 0.871 bits per heavy atom. The van der Waals surface area contributed by atoms with Crippen molar-refractivity contribution >= 4 is 17.4 Å². The number of anilines is 1. The molecular formula is C26H25NO4. The molecule has 158 valence electrons. The van der Waals surface area contributed by atoms with Crippen LogP contribution in [0.15, 0.2) is 60.7 Å². The van der Waals surface area contributed by atoms with Gasteiger partial charge in [0, 0.05) is 11.8 Å². The largest absolute Gasteiger partial charge is 0.496 e. The average molecular weight is 415 g/mol. The van der Waals surface area contributed by atoms with Crippen molar-refractivity contribution in [2.24, 2.45) is 0 Å². The third-order valence-corrected chi connectivity index (χ3v) is 5.80. The van der Waals surface area contributed by atoms with Crippen LogP contribution in [0.25, 0.3) is 0 Å². The summed E-state index contributed by atoms with van der Waals surface area (Å²) in [5, 5.41) is 0. The highest BCUT2D eigenvalue weighted by molar-refractivity contribution is 6.51. The average Bonchev–Trinajstić information content (AvgIpc) is 2.79. The van der Waals surface area contributed by atoms with E-state index in [1.165, 1.54) is 4.90 Å². The summed E-state index contributed by atoms with van der Waals surface area (Å²) in [6, 6.07) is 18.6. The van der Waals surface area contributed by atoms with E-state index in [0.717, 1.165) is 27.8 Å². The Kier molecular flexibility index (Phi) is 5.51. The highest BCUT2D eigenvalue weighted by Gasteiger charge is 2.48. The lowest BCUT2D eigenvalue weighted by molar-refractivity contribution is -0.143. The molecule has 0 spiro atoms. The normalized spacial score (nSPS) is 15.6. The van der Waals surface area contributed by atoms with Gasteiger partial charge in [-0.25, -0.2) is 0 Å². The number of β-lactam (4-membered cyclic amide) rings is 1. The van der Waals surface area contributed by atoms with E-state index in [2.05, 4.69) is 0 Å². The summed E-state index contributed by atoms with van der Waals surface area (Å²) < 4.78 is 11.5. The number of rotatable bonds is 6. The lowest BCUT2D eigenvalue weighted by Crippen LogP contribution is -2.56. The number of amides is 1. The maximum atomic E-state index is 12.6. The Labute approximate surface area is 182 Å². The van der Waals surface area contributed by atoms with E-state index < -0.39 is 17.7 Å². The number of carbonyl (C=O) groups is 2. The molecule has 3 aromatic carbocycles. The topological polar surface area (TPSA) is 55.8 Å². The second kappa shape index (κ2) is 8.26. The van der Waals surface area contributed by atoms with Crippen LogP contribution in [0.2, 0.25) is 0 Å². The molecule has 1 fully saturated rings. The molecule has 1 aliphatic heterocycles. The summed E-state index contributed by atoms with van der Waals surface area (Å²) in [6.45, 7) is 6.32. The molecule has 1 saturated heterocycles. The third kappa shape index (κ3) is 3.79. The Morgan fingerprint density at radius 2 is 1.61 bits per heavy atom. The lowest BCUT2D eigenvalue weighted by atomic mass is 9.90. The zero-order chi connectivity index (χ0) is 22.1. The Morgan fingerprint density at radius 3 is 2.32 bits per heavy atom. The van der Waals surface area contributed by atoms with Gasteiger partial charge in [0.2, 0.25) is 5.78 Å². The van der Waals surface area contributed by atoms with Crippen molar-refractivity contribution in [1.29, 1.82) is 0 Å². The standard InChI is InChI=1S/C26H25NO4/c1-16-10-11-20(13-22(16)31-15-19-8-6-5-7-9-19)24-25(28)26(29)27(24)21-12-17(2)18(3)23(14-21)30-4/h5-14,24H,15H2,1-4H3/t24-/m0/s1. The molecule has 4 rings (SSSR count). The smallest absolute Gasteiger partial charge is 0.297 e. The van der Waals surface area contributed by atoms with Gasteiger partial charge in [-0.15, -0.1) is 0 Å². The minimum atomic E-state index is -0.668. The second-order valence-electron chi connectivity index (χ2n) is 7.83. The number of aryl methyl sites for hydroxylation is 2. The number of hydrogen-bond acceptors (Lipinski definition) is 4. The van der Waals surface area contributed by atoms with E-state index in [9.17, 15) is 9.59 Å². The first-order chi connectivity index (χ1) is 14.9.